The van der Waals surface area contributed by atoms with Crippen LogP contribution in [-0.4, -0.2) is 36.1 Å². The maximum absolute atomic E-state index is 14.2. The van der Waals surface area contributed by atoms with E-state index in [0.29, 0.717) is 11.4 Å². The molecule has 1 aromatic heterocycles. The number of carbonyl (C=O) groups excluding carboxylic acids is 2. The Balaban J connectivity index is 1.79. The van der Waals surface area contributed by atoms with Crippen LogP contribution in [0, 0.1) is 5.82 Å². The van der Waals surface area contributed by atoms with Crippen molar-refractivity contribution >= 4 is 27.5 Å². The molecule has 1 heterocycles. The number of aromatic nitrogens is 2. The summed E-state index contributed by atoms with van der Waals surface area (Å²) in [5, 5.41) is 6.55. The summed E-state index contributed by atoms with van der Waals surface area (Å²) in [6.45, 7) is 3.30. The number of anilines is 1. The summed E-state index contributed by atoms with van der Waals surface area (Å²) < 4.78 is 42.6. The van der Waals surface area contributed by atoms with Gasteiger partial charge in [-0.25, -0.2) is 22.2 Å². The van der Waals surface area contributed by atoms with Crippen LogP contribution < -0.4 is 15.8 Å². The van der Waals surface area contributed by atoms with Crippen molar-refractivity contribution in [2.24, 2.45) is 5.73 Å². The Morgan fingerprint density at radius 1 is 1.10 bits per heavy atom. The molecule has 3 rings (SSSR count). The SMILES string of the molecule is CC(C)NS(=O)(=O)c1ccc(F)c(C(=O)Nc2ccc(-n3ccc(C(N)=O)n3)cc2)c1. The highest BCUT2D eigenvalue weighted by Crippen LogP contribution is 2.19. The van der Waals surface area contributed by atoms with Crippen molar-refractivity contribution in [2.45, 2.75) is 24.8 Å². The quantitative estimate of drug-likeness (QED) is 0.511. The van der Waals surface area contributed by atoms with Crippen LogP contribution >= 0.6 is 0 Å². The van der Waals surface area contributed by atoms with Gasteiger partial charge in [0.15, 0.2) is 0 Å². The summed E-state index contributed by atoms with van der Waals surface area (Å²) in [5.41, 5.74) is 5.83. The highest BCUT2D eigenvalue weighted by atomic mass is 32.2. The van der Waals surface area contributed by atoms with E-state index >= 15 is 0 Å². The number of benzene rings is 2. The number of nitrogens with two attached hydrogens (primary N) is 1. The molecular formula is C20H20FN5O4S. The van der Waals surface area contributed by atoms with E-state index in [1.807, 2.05) is 0 Å². The molecule has 0 bridgehead atoms. The van der Waals surface area contributed by atoms with E-state index in [0.717, 1.165) is 18.2 Å². The van der Waals surface area contributed by atoms with E-state index in [2.05, 4.69) is 15.1 Å². The van der Waals surface area contributed by atoms with Crippen LogP contribution in [0.1, 0.15) is 34.7 Å². The van der Waals surface area contributed by atoms with Crippen LogP contribution in [0.5, 0.6) is 0 Å². The normalized spacial score (nSPS) is 11.5. The standard InChI is InChI=1S/C20H20FN5O4S/c1-12(2)25-31(29,30)15-7-8-17(21)16(11-15)20(28)23-13-3-5-14(6-4-13)26-10-9-18(24-26)19(22)27/h3-12,25H,1-2H3,(H2,22,27)(H,23,28). The average molecular weight is 445 g/mol. The molecule has 0 saturated heterocycles. The summed E-state index contributed by atoms with van der Waals surface area (Å²) in [6, 6.07) is 10.5. The molecule has 2 amide bonds. The number of halogens is 1. The Labute approximate surface area is 178 Å². The van der Waals surface area contributed by atoms with Crippen LogP contribution in [0.15, 0.2) is 59.6 Å². The number of sulfonamides is 1. The number of nitrogens with zero attached hydrogens (tertiary/aromatic N) is 2. The summed E-state index contributed by atoms with van der Waals surface area (Å²) in [4.78, 5) is 23.5. The first-order chi connectivity index (χ1) is 14.6. The number of nitrogens with one attached hydrogen (secondary N) is 2. The van der Waals surface area contributed by atoms with Gasteiger partial charge in [-0.05, 0) is 62.4 Å². The predicted molar refractivity (Wildman–Crippen MR) is 112 cm³/mol. The Hall–Kier alpha value is -3.57. The molecule has 2 aromatic carbocycles. The maximum Gasteiger partial charge on any atom is 0.269 e. The molecule has 0 atom stereocenters. The van der Waals surface area contributed by atoms with Gasteiger partial charge in [-0.15, -0.1) is 0 Å². The molecule has 0 fully saturated rings. The minimum Gasteiger partial charge on any atom is -0.364 e. The lowest BCUT2D eigenvalue weighted by molar-refractivity contribution is 0.0992. The second kappa shape index (κ2) is 8.66. The Kier molecular flexibility index (Phi) is 6.18. The van der Waals surface area contributed by atoms with Gasteiger partial charge in [0, 0.05) is 17.9 Å². The third-order valence-electron chi connectivity index (χ3n) is 4.11. The lowest BCUT2D eigenvalue weighted by Gasteiger charge is -2.12. The van der Waals surface area contributed by atoms with E-state index in [-0.39, 0.29) is 16.6 Å². The number of hydrogen-bond acceptors (Lipinski definition) is 5. The third kappa shape index (κ3) is 5.13. The van der Waals surface area contributed by atoms with Gasteiger partial charge in [-0.3, -0.25) is 9.59 Å². The molecule has 31 heavy (non-hydrogen) atoms. The molecule has 9 nitrogen and oxygen atoms in total. The van der Waals surface area contributed by atoms with Gasteiger partial charge in [0.05, 0.1) is 16.1 Å². The number of carbonyl (C=O) groups is 2. The smallest absolute Gasteiger partial charge is 0.269 e. The number of hydrogen-bond donors (Lipinski definition) is 3. The Bertz CT molecular complexity index is 1240. The van der Waals surface area contributed by atoms with Crippen LogP contribution in [0.4, 0.5) is 10.1 Å². The van der Waals surface area contributed by atoms with Gasteiger partial charge in [-0.1, -0.05) is 0 Å². The molecule has 4 N–H and O–H groups in total. The zero-order valence-electron chi connectivity index (χ0n) is 16.7. The molecule has 0 aliphatic rings. The van der Waals surface area contributed by atoms with E-state index in [9.17, 15) is 22.4 Å². The summed E-state index contributed by atoms with van der Waals surface area (Å²) in [5.74, 6) is -2.31. The van der Waals surface area contributed by atoms with Crippen molar-refractivity contribution in [1.29, 1.82) is 0 Å². The lowest BCUT2D eigenvalue weighted by Crippen LogP contribution is -2.30. The monoisotopic (exact) mass is 445 g/mol. The minimum atomic E-state index is -3.88. The topological polar surface area (TPSA) is 136 Å². The Morgan fingerprint density at radius 3 is 2.35 bits per heavy atom. The van der Waals surface area contributed by atoms with E-state index in [1.54, 1.807) is 44.3 Å². The van der Waals surface area contributed by atoms with Crippen molar-refractivity contribution < 1.29 is 22.4 Å². The van der Waals surface area contributed by atoms with Gasteiger partial charge >= 0.3 is 0 Å². The van der Waals surface area contributed by atoms with Crippen LogP contribution in [0.25, 0.3) is 5.69 Å². The summed E-state index contributed by atoms with van der Waals surface area (Å²) in [6.07, 6.45) is 1.56. The lowest BCUT2D eigenvalue weighted by atomic mass is 10.2. The zero-order chi connectivity index (χ0) is 22.8. The van der Waals surface area contributed by atoms with Crippen molar-refractivity contribution in [2.75, 3.05) is 5.32 Å². The van der Waals surface area contributed by atoms with E-state index in [1.165, 1.54) is 10.7 Å². The summed E-state index contributed by atoms with van der Waals surface area (Å²) in [7, 11) is -3.88. The number of amides is 2. The molecule has 0 aliphatic carbocycles. The molecule has 0 spiro atoms. The molecule has 0 saturated carbocycles. The van der Waals surface area contributed by atoms with Gasteiger partial charge < -0.3 is 11.1 Å². The van der Waals surface area contributed by atoms with Gasteiger partial charge in [-0.2, -0.15) is 5.10 Å². The second-order valence-electron chi connectivity index (χ2n) is 6.93. The van der Waals surface area contributed by atoms with Crippen molar-refractivity contribution in [3.05, 3.63) is 71.8 Å². The van der Waals surface area contributed by atoms with Crippen molar-refractivity contribution in [3.8, 4) is 5.69 Å². The number of rotatable bonds is 7. The molecule has 0 radical (unpaired) electrons. The highest BCUT2D eigenvalue weighted by molar-refractivity contribution is 7.89. The van der Waals surface area contributed by atoms with Gasteiger partial charge in [0.25, 0.3) is 11.8 Å². The molecule has 3 aromatic rings. The summed E-state index contributed by atoms with van der Waals surface area (Å²) >= 11 is 0. The maximum atomic E-state index is 14.2. The van der Waals surface area contributed by atoms with Gasteiger partial charge in [0.1, 0.15) is 11.5 Å². The number of primary amides is 1. The first-order valence-electron chi connectivity index (χ1n) is 9.16. The van der Waals surface area contributed by atoms with Crippen LogP contribution in [0.3, 0.4) is 0 Å². The van der Waals surface area contributed by atoms with Crippen molar-refractivity contribution in [1.82, 2.24) is 14.5 Å². The first kappa shape index (κ1) is 22.1. The average Bonchev–Trinajstić information content (AvgIpc) is 3.18. The fourth-order valence-electron chi connectivity index (χ4n) is 2.72. The van der Waals surface area contributed by atoms with E-state index < -0.39 is 33.2 Å². The first-order valence-corrected chi connectivity index (χ1v) is 10.6. The fraction of sp³-hybridized carbons (Fsp3) is 0.150. The van der Waals surface area contributed by atoms with Gasteiger partial charge in [0.2, 0.25) is 10.0 Å². The van der Waals surface area contributed by atoms with E-state index in [4.69, 9.17) is 5.73 Å². The fourth-order valence-corrected chi connectivity index (χ4v) is 4.00. The molecule has 11 heteroatoms. The molecule has 0 unspecified atom stereocenters. The van der Waals surface area contributed by atoms with Crippen molar-refractivity contribution in [3.63, 3.8) is 0 Å². The second-order valence-corrected chi connectivity index (χ2v) is 8.64. The zero-order valence-corrected chi connectivity index (χ0v) is 17.5. The minimum absolute atomic E-state index is 0.106. The molecule has 0 aliphatic heterocycles. The molecular weight excluding hydrogens is 425 g/mol. The predicted octanol–water partition coefficient (Wildman–Crippen LogP) is 2.05. The third-order valence-corrected chi connectivity index (χ3v) is 5.77. The largest absolute Gasteiger partial charge is 0.364 e. The molecule has 162 valence electrons. The Morgan fingerprint density at radius 2 is 1.77 bits per heavy atom. The highest BCUT2D eigenvalue weighted by Gasteiger charge is 2.20. The van der Waals surface area contributed by atoms with Crippen LogP contribution in [-0.2, 0) is 10.0 Å². The van der Waals surface area contributed by atoms with Crippen LogP contribution in [0.2, 0.25) is 0 Å².